The van der Waals surface area contributed by atoms with E-state index in [0.29, 0.717) is 5.82 Å². The first-order chi connectivity index (χ1) is 33.2. The first-order valence-electron chi connectivity index (χ1n) is 22.7. The highest BCUT2D eigenvalue weighted by molar-refractivity contribution is 6.09. The highest BCUT2D eigenvalue weighted by Gasteiger charge is 2.25. The zero-order valence-electron chi connectivity index (χ0n) is 36.5. The minimum atomic E-state index is 0.676. The molecule has 0 amide bonds. The fourth-order valence-corrected chi connectivity index (χ4v) is 9.50. The molecule has 12 rings (SSSR count). The second-order valence-electron chi connectivity index (χ2n) is 16.7. The van der Waals surface area contributed by atoms with Crippen LogP contribution in [0.4, 0.5) is 0 Å². The quantitative estimate of drug-likeness (QED) is 0.145. The van der Waals surface area contributed by atoms with Gasteiger partial charge in [-0.25, -0.2) is 15.0 Å². The van der Waals surface area contributed by atoms with Crippen LogP contribution in [0.2, 0.25) is 0 Å². The molecule has 314 valence electrons. The molecule has 0 radical (unpaired) electrons. The molecule has 67 heavy (non-hydrogen) atoms. The Kier molecular flexibility index (Phi) is 10.2. The van der Waals surface area contributed by atoms with Gasteiger partial charge in [-0.05, 0) is 47.0 Å². The molecule has 0 fully saturated rings. The molecule has 9 aromatic carbocycles. The maximum atomic E-state index is 5.62. The lowest BCUT2D eigenvalue weighted by Crippen LogP contribution is -2.01. The summed E-state index contributed by atoms with van der Waals surface area (Å²) in [6.07, 6.45) is 0. The highest BCUT2D eigenvalue weighted by Crippen LogP contribution is 2.49. The smallest absolute Gasteiger partial charge is 0.160 e. The van der Waals surface area contributed by atoms with Crippen LogP contribution in [0.5, 0.6) is 0 Å². The van der Waals surface area contributed by atoms with Gasteiger partial charge in [-0.15, -0.1) is 0 Å². The number of hydrogen-bond donors (Lipinski definition) is 0. The van der Waals surface area contributed by atoms with Gasteiger partial charge in [-0.1, -0.05) is 224 Å². The van der Waals surface area contributed by atoms with Crippen LogP contribution in [0, 0.1) is 0 Å². The van der Waals surface area contributed by atoms with Gasteiger partial charge in [0, 0.05) is 61.0 Å². The monoisotopic (exact) mass is 854 g/mol. The third-order valence-corrected chi connectivity index (χ3v) is 12.6. The van der Waals surface area contributed by atoms with E-state index >= 15 is 0 Å². The maximum Gasteiger partial charge on any atom is 0.160 e. The van der Waals surface area contributed by atoms with Gasteiger partial charge in [0.1, 0.15) is 0 Å². The van der Waals surface area contributed by atoms with E-state index in [1.54, 1.807) is 0 Å². The van der Waals surface area contributed by atoms with Crippen LogP contribution in [0.3, 0.4) is 0 Å². The van der Waals surface area contributed by atoms with E-state index < -0.39 is 0 Å². The van der Waals surface area contributed by atoms with Crippen molar-refractivity contribution in [3.8, 4) is 95.5 Å². The van der Waals surface area contributed by atoms with E-state index in [1.807, 2.05) is 18.2 Å². The summed E-state index contributed by atoms with van der Waals surface area (Å²) >= 11 is 0. The standard InChI is InChI=1S/C63H42N4/c1-6-20-45(21-7-1)59-58(60(46-22-8-2-9-23-46)62(49-26-12-4-13-27-49)66-61(59)48-24-10-3-11-25-48)47-36-34-43(35-37-47)54-42-55(65-63(64-54)50-28-14-5-15-29-50)44-38-40-51(41-39-44)67-56-32-18-16-30-52(56)53-31-17-19-33-57(53)67/h1-42H. The predicted molar refractivity (Wildman–Crippen MR) is 278 cm³/mol. The van der Waals surface area contributed by atoms with Gasteiger partial charge in [-0.2, -0.15) is 0 Å². The minimum absolute atomic E-state index is 0.676. The van der Waals surface area contributed by atoms with Crippen LogP contribution in [0.1, 0.15) is 0 Å². The molecule has 0 aliphatic heterocycles. The lowest BCUT2D eigenvalue weighted by Gasteiger charge is -2.23. The van der Waals surface area contributed by atoms with Crippen LogP contribution in [0.15, 0.2) is 255 Å². The first kappa shape index (κ1) is 39.6. The average molecular weight is 855 g/mol. The van der Waals surface area contributed by atoms with Crippen molar-refractivity contribution in [1.82, 2.24) is 19.5 Å². The SMILES string of the molecule is c1ccc(-c2nc(-c3ccc(-c4c(-c5ccccc5)c(-c5ccccc5)nc(-c5ccccc5)c4-c4ccccc4)cc3)cc(-c3ccc(-n4c5ccccc5c5ccccc54)cc3)n2)cc1. The molecule has 0 unspecified atom stereocenters. The maximum absolute atomic E-state index is 5.62. The molecular formula is C63H42N4. The third kappa shape index (κ3) is 7.37. The summed E-state index contributed by atoms with van der Waals surface area (Å²) < 4.78 is 2.34. The van der Waals surface area contributed by atoms with Crippen molar-refractivity contribution >= 4 is 21.8 Å². The summed E-state index contributed by atoms with van der Waals surface area (Å²) in [7, 11) is 0. The third-order valence-electron chi connectivity index (χ3n) is 12.6. The molecule has 0 aliphatic rings. The minimum Gasteiger partial charge on any atom is -0.309 e. The van der Waals surface area contributed by atoms with Crippen molar-refractivity contribution in [2.24, 2.45) is 0 Å². The van der Waals surface area contributed by atoms with Crippen LogP contribution in [-0.4, -0.2) is 19.5 Å². The number of benzene rings is 9. The zero-order chi connectivity index (χ0) is 44.5. The van der Waals surface area contributed by atoms with Gasteiger partial charge in [0.25, 0.3) is 0 Å². The molecule has 4 heteroatoms. The van der Waals surface area contributed by atoms with Crippen molar-refractivity contribution in [2.45, 2.75) is 0 Å². The number of hydrogen-bond acceptors (Lipinski definition) is 3. The number of fused-ring (bicyclic) bond motifs is 3. The van der Waals surface area contributed by atoms with Crippen molar-refractivity contribution in [3.05, 3.63) is 255 Å². The van der Waals surface area contributed by atoms with Gasteiger partial charge in [0.15, 0.2) is 5.82 Å². The number of rotatable bonds is 9. The Morgan fingerprint density at radius 2 is 0.597 bits per heavy atom. The molecule has 12 aromatic rings. The van der Waals surface area contributed by atoms with Crippen molar-refractivity contribution in [3.63, 3.8) is 0 Å². The normalized spacial score (nSPS) is 11.3. The summed E-state index contributed by atoms with van der Waals surface area (Å²) in [5.74, 6) is 0.676. The van der Waals surface area contributed by atoms with Crippen molar-refractivity contribution in [1.29, 1.82) is 0 Å². The van der Waals surface area contributed by atoms with Gasteiger partial charge >= 0.3 is 0 Å². The van der Waals surface area contributed by atoms with E-state index in [2.05, 4.69) is 241 Å². The molecule has 0 spiro atoms. The summed E-state index contributed by atoms with van der Waals surface area (Å²) in [6.45, 7) is 0. The highest BCUT2D eigenvalue weighted by atomic mass is 15.0. The molecular weight excluding hydrogens is 813 g/mol. The summed E-state index contributed by atoms with van der Waals surface area (Å²) in [6, 6.07) is 89.8. The lowest BCUT2D eigenvalue weighted by atomic mass is 9.83. The number of aromatic nitrogens is 4. The number of pyridine rings is 1. The topological polar surface area (TPSA) is 43.6 Å². The van der Waals surface area contributed by atoms with Crippen LogP contribution < -0.4 is 0 Å². The molecule has 0 saturated carbocycles. The Balaban J connectivity index is 1.03. The van der Waals surface area contributed by atoms with E-state index in [1.165, 1.54) is 21.8 Å². The molecule has 0 bridgehead atoms. The largest absolute Gasteiger partial charge is 0.309 e. The Bertz CT molecular complexity index is 3530. The Hall–Kier alpha value is -8.99. The molecule has 0 aliphatic carbocycles. The van der Waals surface area contributed by atoms with Crippen LogP contribution >= 0.6 is 0 Å². The molecule has 4 nitrogen and oxygen atoms in total. The molecule has 3 heterocycles. The van der Waals surface area contributed by atoms with Gasteiger partial charge in [-0.3, -0.25) is 0 Å². The Labute approximate surface area is 389 Å². The summed E-state index contributed by atoms with van der Waals surface area (Å²) in [5, 5.41) is 2.48. The average Bonchev–Trinajstić information content (AvgIpc) is 3.76. The second-order valence-corrected chi connectivity index (χ2v) is 16.7. The predicted octanol–water partition coefficient (Wildman–Crippen LogP) is 16.3. The summed E-state index contributed by atoms with van der Waals surface area (Å²) in [4.78, 5) is 16.1. The molecule has 0 atom stereocenters. The van der Waals surface area contributed by atoms with Gasteiger partial charge < -0.3 is 4.57 Å². The van der Waals surface area contributed by atoms with E-state index in [9.17, 15) is 0 Å². The lowest BCUT2D eigenvalue weighted by molar-refractivity contribution is 1.17. The first-order valence-corrected chi connectivity index (χ1v) is 22.7. The fourth-order valence-electron chi connectivity index (χ4n) is 9.50. The van der Waals surface area contributed by atoms with E-state index in [0.717, 1.165) is 89.7 Å². The van der Waals surface area contributed by atoms with Crippen molar-refractivity contribution in [2.75, 3.05) is 0 Å². The van der Waals surface area contributed by atoms with E-state index in [-0.39, 0.29) is 0 Å². The van der Waals surface area contributed by atoms with Gasteiger partial charge in [0.05, 0.1) is 33.8 Å². The van der Waals surface area contributed by atoms with E-state index in [4.69, 9.17) is 15.0 Å². The Morgan fingerprint density at radius 3 is 1.04 bits per heavy atom. The second kappa shape index (κ2) is 17.2. The number of para-hydroxylation sites is 2. The number of nitrogens with zero attached hydrogens (tertiary/aromatic N) is 4. The van der Waals surface area contributed by atoms with Crippen LogP contribution in [0.25, 0.3) is 117 Å². The zero-order valence-corrected chi connectivity index (χ0v) is 36.5. The fraction of sp³-hybridized carbons (Fsp3) is 0. The molecule has 0 saturated heterocycles. The van der Waals surface area contributed by atoms with Crippen LogP contribution in [-0.2, 0) is 0 Å². The van der Waals surface area contributed by atoms with Crippen molar-refractivity contribution < 1.29 is 0 Å². The summed E-state index contributed by atoms with van der Waals surface area (Å²) in [5.41, 5.74) is 18.7. The molecule has 0 N–H and O–H groups in total. The Morgan fingerprint density at radius 1 is 0.254 bits per heavy atom. The molecule has 3 aromatic heterocycles. The van der Waals surface area contributed by atoms with Gasteiger partial charge in [0.2, 0.25) is 0 Å².